The standard InChI is InChI=1S/C15H18ClN3O/c16-13-3-1-2-12(10-13)15-11-14(18-20-15)4-7-19-8-5-17-6-9-19/h1-3,10-11,17H,4-9H2. The van der Waals surface area contributed by atoms with Gasteiger partial charge >= 0.3 is 0 Å². The highest BCUT2D eigenvalue weighted by molar-refractivity contribution is 6.30. The third kappa shape index (κ3) is 3.39. The van der Waals surface area contributed by atoms with Crippen LogP contribution in [0.5, 0.6) is 0 Å². The second-order valence-corrected chi connectivity index (χ2v) is 5.47. The van der Waals surface area contributed by atoms with Crippen LogP contribution in [0.1, 0.15) is 5.69 Å². The maximum absolute atomic E-state index is 5.99. The summed E-state index contributed by atoms with van der Waals surface area (Å²) < 4.78 is 5.41. The van der Waals surface area contributed by atoms with Crippen LogP contribution in [0.15, 0.2) is 34.9 Å². The Morgan fingerprint density at radius 1 is 1.25 bits per heavy atom. The van der Waals surface area contributed by atoms with Crippen molar-refractivity contribution in [2.45, 2.75) is 6.42 Å². The monoisotopic (exact) mass is 291 g/mol. The van der Waals surface area contributed by atoms with Crippen LogP contribution in [-0.4, -0.2) is 42.8 Å². The summed E-state index contributed by atoms with van der Waals surface area (Å²) in [6.45, 7) is 5.40. The highest BCUT2D eigenvalue weighted by atomic mass is 35.5. The minimum absolute atomic E-state index is 0.710. The molecule has 1 fully saturated rings. The summed E-state index contributed by atoms with van der Waals surface area (Å²) in [5.41, 5.74) is 1.97. The van der Waals surface area contributed by atoms with E-state index in [-0.39, 0.29) is 0 Å². The Balaban J connectivity index is 1.61. The molecule has 0 saturated carbocycles. The van der Waals surface area contributed by atoms with Crippen molar-refractivity contribution < 1.29 is 4.52 Å². The molecule has 2 aromatic rings. The molecule has 1 N–H and O–H groups in total. The first kappa shape index (κ1) is 13.6. The predicted octanol–water partition coefficient (Wildman–Crippen LogP) is 2.44. The van der Waals surface area contributed by atoms with Gasteiger partial charge in [-0.05, 0) is 12.1 Å². The average molecular weight is 292 g/mol. The largest absolute Gasteiger partial charge is 0.356 e. The molecule has 0 unspecified atom stereocenters. The van der Waals surface area contributed by atoms with E-state index in [9.17, 15) is 0 Å². The van der Waals surface area contributed by atoms with E-state index in [1.807, 2.05) is 30.3 Å². The van der Waals surface area contributed by atoms with Gasteiger partial charge in [-0.15, -0.1) is 0 Å². The molecule has 1 aromatic carbocycles. The number of nitrogens with one attached hydrogen (secondary N) is 1. The molecule has 0 radical (unpaired) electrons. The molecule has 2 heterocycles. The van der Waals surface area contributed by atoms with Gasteiger partial charge in [-0.3, -0.25) is 0 Å². The van der Waals surface area contributed by atoms with Crippen molar-refractivity contribution in [1.82, 2.24) is 15.4 Å². The number of nitrogens with zero attached hydrogens (tertiary/aromatic N) is 2. The summed E-state index contributed by atoms with van der Waals surface area (Å²) in [6, 6.07) is 9.65. The van der Waals surface area contributed by atoms with E-state index in [1.54, 1.807) is 0 Å². The van der Waals surface area contributed by atoms with Crippen molar-refractivity contribution in [1.29, 1.82) is 0 Å². The van der Waals surface area contributed by atoms with Gasteiger partial charge in [-0.1, -0.05) is 28.9 Å². The molecule has 106 valence electrons. The van der Waals surface area contributed by atoms with Gasteiger partial charge in [-0.25, -0.2) is 0 Å². The van der Waals surface area contributed by atoms with E-state index in [0.717, 1.165) is 56.2 Å². The van der Waals surface area contributed by atoms with Crippen LogP contribution in [0, 0.1) is 0 Å². The van der Waals surface area contributed by atoms with Crippen molar-refractivity contribution in [2.24, 2.45) is 0 Å². The molecule has 4 nitrogen and oxygen atoms in total. The minimum atomic E-state index is 0.710. The van der Waals surface area contributed by atoms with Crippen LogP contribution in [0.4, 0.5) is 0 Å². The summed E-state index contributed by atoms with van der Waals surface area (Å²) in [6.07, 6.45) is 0.921. The van der Waals surface area contributed by atoms with Gasteiger partial charge < -0.3 is 14.7 Å². The molecule has 0 bridgehead atoms. The number of benzene rings is 1. The number of hydrogen-bond acceptors (Lipinski definition) is 4. The summed E-state index contributed by atoms with van der Waals surface area (Å²) in [4.78, 5) is 2.45. The highest BCUT2D eigenvalue weighted by Crippen LogP contribution is 2.23. The number of halogens is 1. The first-order valence-corrected chi connectivity index (χ1v) is 7.34. The normalized spacial score (nSPS) is 16.4. The maximum atomic E-state index is 5.99. The lowest BCUT2D eigenvalue weighted by Gasteiger charge is -2.26. The van der Waals surface area contributed by atoms with Crippen LogP contribution < -0.4 is 5.32 Å². The molecular weight excluding hydrogens is 274 g/mol. The molecule has 3 rings (SSSR count). The van der Waals surface area contributed by atoms with Crippen molar-refractivity contribution in [3.05, 3.63) is 41.0 Å². The van der Waals surface area contributed by atoms with Gasteiger partial charge in [0.15, 0.2) is 5.76 Å². The van der Waals surface area contributed by atoms with Gasteiger partial charge in [0.25, 0.3) is 0 Å². The Morgan fingerprint density at radius 2 is 2.10 bits per heavy atom. The molecule has 5 heteroatoms. The van der Waals surface area contributed by atoms with E-state index in [0.29, 0.717) is 5.02 Å². The maximum Gasteiger partial charge on any atom is 0.167 e. The van der Waals surface area contributed by atoms with Gasteiger partial charge in [-0.2, -0.15) is 0 Å². The van der Waals surface area contributed by atoms with Crippen LogP contribution in [0.25, 0.3) is 11.3 Å². The molecule has 0 amide bonds. The molecule has 1 aromatic heterocycles. The highest BCUT2D eigenvalue weighted by Gasteiger charge is 2.11. The zero-order valence-electron chi connectivity index (χ0n) is 11.3. The van der Waals surface area contributed by atoms with Crippen molar-refractivity contribution in [2.75, 3.05) is 32.7 Å². The van der Waals surface area contributed by atoms with Crippen LogP contribution in [0.3, 0.4) is 0 Å². The number of piperazine rings is 1. The van der Waals surface area contributed by atoms with Gasteiger partial charge in [0.2, 0.25) is 0 Å². The van der Waals surface area contributed by atoms with Gasteiger partial charge in [0, 0.05) is 55.8 Å². The Labute approximate surface area is 123 Å². The zero-order valence-corrected chi connectivity index (χ0v) is 12.1. The van der Waals surface area contributed by atoms with E-state index >= 15 is 0 Å². The van der Waals surface area contributed by atoms with Crippen LogP contribution in [-0.2, 0) is 6.42 Å². The Bertz CT molecular complexity index is 564. The number of aromatic nitrogens is 1. The smallest absolute Gasteiger partial charge is 0.167 e. The fourth-order valence-electron chi connectivity index (χ4n) is 2.41. The van der Waals surface area contributed by atoms with Crippen molar-refractivity contribution >= 4 is 11.6 Å². The minimum Gasteiger partial charge on any atom is -0.356 e. The molecular formula is C15H18ClN3O. The third-order valence-corrected chi connectivity index (χ3v) is 3.80. The van der Waals surface area contributed by atoms with Crippen molar-refractivity contribution in [3.8, 4) is 11.3 Å². The van der Waals surface area contributed by atoms with Crippen LogP contribution in [0.2, 0.25) is 5.02 Å². The first-order chi connectivity index (χ1) is 9.81. The van der Waals surface area contributed by atoms with E-state index in [2.05, 4.69) is 15.4 Å². The van der Waals surface area contributed by atoms with Gasteiger partial charge in [0.1, 0.15) is 0 Å². The summed E-state index contributed by atoms with van der Waals surface area (Å²) in [5.74, 6) is 0.780. The number of rotatable bonds is 4. The zero-order chi connectivity index (χ0) is 13.8. The molecule has 0 atom stereocenters. The Kier molecular flexibility index (Phi) is 4.35. The molecule has 0 spiro atoms. The molecule has 1 aliphatic heterocycles. The predicted molar refractivity (Wildman–Crippen MR) is 80.0 cm³/mol. The van der Waals surface area contributed by atoms with Crippen molar-refractivity contribution in [3.63, 3.8) is 0 Å². The number of hydrogen-bond donors (Lipinski definition) is 1. The lowest BCUT2D eigenvalue weighted by Crippen LogP contribution is -2.44. The Morgan fingerprint density at radius 3 is 2.90 bits per heavy atom. The van der Waals surface area contributed by atoms with E-state index < -0.39 is 0 Å². The van der Waals surface area contributed by atoms with E-state index in [4.69, 9.17) is 16.1 Å². The lowest BCUT2D eigenvalue weighted by atomic mass is 10.1. The Hall–Kier alpha value is -1.36. The van der Waals surface area contributed by atoms with Gasteiger partial charge in [0.05, 0.1) is 5.69 Å². The lowest BCUT2D eigenvalue weighted by molar-refractivity contribution is 0.242. The van der Waals surface area contributed by atoms with E-state index in [1.165, 1.54) is 0 Å². The topological polar surface area (TPSA) is 41.3 Å². The molecule has 1 saturated heterocycles. The fraction of sp³-hybridized carbons (Fsp3) is 0.400. The molecule has 20 heavy (non-hydrogen) atoms. The second-order valence-electron chi connectivity index (χ2n) is 5.03. The summed E-state index contributed by atoms with van der Waals surface area (Å²) in [5, 5.41) is 8.21. The summed E-state index contributed by atoms with van der Waals surface area (Å²) in [7, 11) is 0. The molecule has 0 aliphatic carbocycles. The third-order valence-electron chi connectivity index (χ3n) is 3.56. The fourth-order valence-corrected chi connectivity index (χ4v) is 2.61. The SMILES string of the molecule is Clc1cccc(-c2cc(CCN3CCNCC3)no2)c1. The molecule has 1 aliphatic rings. The second kappa shape index (κ2) is 6.39. The quantitative estimate of drug-likeness (QED) is 0.939. The summed E-state index contributed by atoms with van der Waals surface area (Å²) >= 11 is 5.99. The first-order valence-electron chi connectivity index (χ1n) is 6.96. The van der Waals surface area contributed by atoms with Crippen LogP contribution >= 0.6 is 11.6 Å². The average Bonchev–Trinajstić information content (AvgIpc) is 2.95.